The third-order valence-electron chi connectivity index (χ3n) is 3.54. The van der Waals surface area contributed by atoms with E-state index in [2.05, 4.69) is 30.7 Å². The SMILES string of the molecule is CCN(CC)CCN(C)CC=Cc1ccccc1[N+](=O)[O-]. The highest BCUT2D eigenvalue weighted by molar-refractivity contribution is 5.60. The number of nitro benzene ring substituents is 1. The summed E-state index contributed by atoms with van der Waals surface area (Å²) in [5, 5.41) is 10.9. The lowest BCUT2D eigenvalue weighted by molar-refractivity contribution is -0.385. The van der Waals surface area contributed by atoms with Gasteiger partial charge in [-0.2, -0.15) is 0 Å². The van der Waals surface area contributed by atoms with E-state index in [-0.39, 0.29) is 10.6 Å². The molecule has 0 aliphatic carbocycles. The van der Waals surface area contributed by atoms with Gasteiger partial charge in [-0.15, -0.1) is 0 Å². The second-order valence-electron chi connectivity index (χ2n) is 5.01. The van der Waals surface area contributed by atoms with Crippen LogP contribution in [0.2, 0.25) is 0 Å². The van der Waals surface area contributed by atoms with Crippen LogP contribution >= 0.6 is 0 Å². The first-order valence-electron chi connectivity index (χ1n) is 7.39. The van der Waals surface area contributed by atoms with E-state index in [1.165, 1.54) is 6.07 Å². The average molecular weight is 291 g/mol. The van der Waals surface area contributed by atoms with Gasteiger partial charge in [0.15, 0.2) is 0 Å². The quantitative estimate of drug-likeness (QED) is 0.518. The standard InChI is InChI=1S/C16H25N3O2/c1-4-18(5-2)14-13-17(3)12-8-10-15-9-6-7-11-16(15)19(20)21/h6-11H,4-5,12-14H2,1-3H3. The lowest BCUT2D eigenvalue weighted by Crippen LogP contribution is -2.33. The number of nitrogens with zero attached hydrogens (tertiary/aromatic N) is 3. The zero-order valence-electron chi connectivity index (χ0n) is 13.2. The van der Waals surface area contributed by atoms with E-state index in [4.69, 9.17) is 0 Å². The highest BCUT2D eigenvalue weighted by Crippen LogP contribution is 2.18. The molecule has 0 spiro atoms. The van der Waals surface area contributed by atoms with E-state index in [9.17, 15) is 10.1 Å². The molecule has 1 aromatic carbocycles. The van der Waals surface area contributed by atoms with Crippen molar-refractivity contribution in [3.63, 3.8) is 0 Å². The van der Waals surface area contributed by atoms with Crippen LogP contribution in [0, 0.1) is 10.1 Å². The average Bonchev–Trinajstić information content (AvgIpc) is 2.48. The van der Waals surface area contributed by atoms with Crippen LogP contribution in [-0.2, 0) is 0 Å². The Morgan fingerprint density at radius 1 is 1.19 bits per heavy atom. The summed E-state index contributed by atoms with van der Waals surface area (Å²) in [5.41, 5.74) is 0.805. The fourth-order valence-corrected chi connectivity index (χ4v) is 2.10. The van der Waals surface area contributed by atoms with E-state index >= 15 is 0 Å². The lowest BCUT2D eigenvalue weighted by Gasteiger charge is -2.22. The number of para-hydroxylation sites is 1. The molecular weight excluding hydrogens is 266 g/mol. The van der Waals surface area contributed by atoms with Gasteiger partial charge in [0.2, 0.25) is 0 Å². The maximum absolute atomic E-state index is 10.9. The first-order valence-corrected chi connectivity index (χ1v) is 7.39. The lowest BCUT2D eigenvalue weighted by atomic mass is 10.1. The summed E-state index contributed by atoms with van der Waals surface area (Å²) >= 11 is 0. The van der Waals surface area contributed by atoms with Gasteiger partial charge >= 0.3 is 0 Å². The molecule has 1 aromatic rings. The first-order chi connectivity index (χ1) is 10.1. The van der Waals surface area contributed by atoms with Crippen LogP contribution in [0.1, 0.15) is 19.4 Å². The van der Waals surface area contributed by atoms with Crippen LogP contribution in [0.3, 0.4) is 0 Å². The smallest absolute Gasteiger partial charge is 0.276 e. The molecule has 0 bridgehead atoms. The molecule has 0 aromatic heterocycles. The third-order valence-corrected chi connectivity index (χ3v) is 3.54. The Labute approximate surface area is 127 Å². The normalized spacial score (nSPS) is 11.7. The first kappa shape index (κ1) is 17.3. The molecule has 0 heterocycles. The van der Waals surface area contributed by atoms with E-state index in [1.807, 2.05) is 18.2 Å². The minimum atomic E-state index is -0.343. The molecule has 0 fully saturated rings. The summed E-state index contributed by atoms with van der Waals surface area (Å²) < 4.78 is 0. The van der Waals surface area contributed by atoms with Gasteiger partial charge in [0, 0.05) is 25.7 Å². The Kier molecular flexibility index (Phi) is 7.64. The van der Waals surface area contributed by atoms with Crippen molar-refractivity contribution < 1.29 is 4.92 Å². The molecule has 0 saturated carbocycles. The molecule has 5 nitrogen and oxygen atoms in total. The monoisotopic (exact) mass is 291 g/mol. The molecule has 116 valence electrons. The number of likely N-dealkylation sites (N-methyl/N-ethyl adjacent to an activating group) is 2. The Morgan fingerprint density at radius 3 is 2.48 bits per heavy atom. The second-order valence-corrected chi connectivity index (χ2v) is 5.01. The fraction of sp³-hybridized carbons (Fsp3) is 0.500. The maximum atomic E-state index is 10.9. The Hall–Kier alpha value is -1.72. The summed E-state index contributed by atoms with van der Waals surface area (Å²) in [6.45, 7) is 9.28. The molecule has 0 aliphatic rings. The number of hydrogen-bond donors (Lipinski definition) is 0. The van der Waals surface area contributed by atoms with Crippen LogP contribution in [0.5, 0.6) is 0 Å². The van der Waals surface area contributed by atoms with Crippen LogP contribution in [0.25, 0.3) is 6.08 Å². The number of rotatable bonds is 9. The summed E-state index contributed by atoms with van der Waals surface area (Å²) in [7, 11) is 2.06. The van der Waals surface area contributed by atoms with Crippen molar-refractivity contribution in [3.05, 3.63) is 46.0 Å². The van der Waals surface area contributed by atoms with Crippen molar-refractivity contribution in [3.8, 4) is 0 Å². The van der Waals surface area contributed by atoms with Gasteiger partial charge in [-0.25, -0.2) is 0 Å². The van der Waals surface area contributed by atoms with Gasteiger partial charge in [-0.3, -0.25) is 10.1 Å². The van der Waals surface area contributed by atoms with Gasteiger partial charge in [0.25, 0.3) is 5.69 Å². The largest absolute Gasteiger partial charge is 0.303 e. The molecule has 5 heteroatoms. The number of benzene rings is 1. The zero-order chi connectivity index (χ0) is 15.7. The molecule has 0 aliphatic heterocycles. The molecule has 0 radical (unpaired) electrons. The summed E-state index contributed by atoms with van der Waals surface area (Å²) in [6, 6.07) is 6.80. The second kappa shape index (κ2) is 9.26. The molecule has 0 amide bonds. The highest BCUT2D eigenvalue weighted by Gasteiger charge is 2.09. The number of hydrogen-bond acceptors (Lipinski definition) is 4. The Morgan fingerprint density at radius 2 is 1.86 bits per heavy atom. The Bertz CT molecular complexity index is 470. The van der Waals surface area contributed by atoms with Crippen LogP contribution < -0.4 is 0 Å². The van der Waals surface area contributed by atoms with Gasteiger partial charge in [0.1, 0.15) is 0 Å². The minimum absolute atomic E-state index is 0.152. The summed E-state index contributed by atoms with van der Waals surface area (Å²) in [5.74, 6) is 0. The van der Waals surface area contributed by atoms with Crippen LogP contribution in [0.15, 0.2) is 30.3 Å². The van der Waals surface area contributed by atoms with E-state index in [1.54, 1.807) is 12.1 Å². The molecule has 0 unspecified atom stereocenters. The highest BCUT2D eigenvalue weighted by atomic mass is 16.6. The predicted molar refractivity (Wildman–Crippen MR) is 87.4 cm³/mol. The van der Waals surface area contributed by atoms with Gasteiger partial charge in [0.05, 0.1) is 10.5 Å². The van der Waals surface area contributed by atoms with E-state index in [0.29, 0.717) is 5.56 Å². The van der Waals surface area contributed by atoms with Crippen LogP contribution in [0.4, 0.5) is 5.69 Å². The maximum Gasteiger partial charge on any atom is 0.276 e. The van der Waals surface area contributed by atoms with Gasteiger partial charge in [-0.1, -0.05) is 38.1 Å². The minimum Gasteiger partial charge on any atom is -0.303 e. The van der Waals surface area contributed by atoms with E-state index in [0.717, 1.165) is 32.7 Å². The van der Waals surface area contributed by atoms with Crippen molar-refractivity contribution in [1.29, 1.82) is 0 Å². The zero-order valence-corrected chi connectivity index (χ0v) is 13.2. The number of nitro groups is 1. The van der Waals surface area contributed by atoms with E-state index < -0.39 is 0 Å². The molecule has 0 N–H and O–H groups in total. The topological polar surface area (TPSA) is 49.6 Å². The molecule has 0 atom stereocenters. The van der Waals surface area contributed by atoms with Crippen molar-refractivity contribution in [2.75, 3.05) is 39.8 Å². The van der Waals surface area contributed by atoms with Crippen molar-refractivity contribution in [2.24, 2.45) is 0 Å². The van der Waals surface area contributed by atoms with Gasteiger partial charge < -0.3 is 9.80 Å². The summed E-state index contributed by atoms with van der Waals surface area (Å²) in [6.07, 6.45) is 3.80. The molecular formula is C16H25N3O2. The van der Waals surface area contributed by atoms with Crippen molar-refractivity contribution in [1.82, 2.24) is 9.80 Å². The molecule has 0 saturated heterocycles. The third kappa shape index (κ3) is 6.06. The summed E-state index contributed by atoms with van der Waals surface area (Å²) in [4.78, 5) is 15.2. The predicted octanol–water partition coefficient (Wildman–Crippen LogP) is 2.88. The molecule has 1 rings (SSSR count). The van der Waals surface area contributed by atoms with Crippen molar-refractivity contribution >= 4 is 11.8 Å². The Balaban J connectivity index is 2.49. The van der Waals surface area contributed by atoms with Gasteiger partial charge in [-0.05, 0) is 26.2 Å². The van der Waals surface area contributed by atoms with Crippen LogP contribution in [-0.4, -0.2) is 54.5 Å². The molecule has 21 heavy (non-hydrogen) atoms. The van der Waals surface area contributed by atoms with Crippen molar-refractivity contribution in [2.45, 2.75) is 13.8 Å². The fourth-order valence-electron chi connectivity index (χ4n) is 2.10.